The van der Waals surface area contributed by atoms with Crippen LogP contribution in [0, 0.1) is 6.92 Å². The topological polar surface area (TPSA) is 53.4 Å². The highest BCUT2D eigenvalue weighted by atomic mass is 32.1. The van der Waals surface area contributed by atoms with Crippen LogP contribution in [0.2, 0.25) is 0 Å². The van der Waals surface area contributed by atoms with Crippen LogP contribution in [0.1, 0.15) is 23.9 Å². The zero-order valence-corrected chi connectivity index (χ0v) is 9.88. The number of rotatable bonds is 6. The van der Waals surface area contributed by atoms with Crippen molar-refractivity contribution in [2.24, 2.45) is 0 Å². The van der Waals surface area contributed by atoms with Gasteiger partial charge in [-0.1, -0.05) is 6.92 Å². The second-order valence-electron chi connectivity index (χ2n) is 3.47. The summed E-state index contributed by atoms with van der Waals surface area (Å²) >= 11 is 1.59. The van der Waals surface area contributed by atoms with Crippen LogP contribution in [0.5, 0.6) is 0 Å². The van der Waals surface area contributed by atoms with Crippen LogP contribution >= 0.6 is 11.3 Å². The van der Waals surface area contributed by atoms with Gasteiger partial charge in [0.2, 0.25) is 0 Å². The Hall–Kier alpha value is -0.940. The number of aromatic nitrogens is 1. The van der Waals surface area contributed by atoms with Crippen LogP contribution in [-0.4, -0.2) is 34.0 Å². The van der Waals surface area contributed by atoms with Crippen molar-refractivity contribution in [3.63, 3.8) is 0 Å². The molecular weight excluding hydrogens is 212 g/mol. The molecule has 0 aliphatic carbocycles. The van der Waals surface area contributed by atoms with Gasteiger partial charge in [0.05, 0.1) is 17.7 Å². The number of hydrogen-bond donors (Lipinski definition) is 1. The van der Waals surface area contributed by atoms with Gasteiger partial charge in [-0.05, 0) is 19.9 Å². The number of nitrogens with zero attached hydrogens (tertiary/aromatic N) is 2. The average molecular weight is 228 g/mol. The summed E-state index contributed by atoms with van der Waals surface area (Å²) < 4.78 is 0. The molecule has 4 nitrogen and oxygen atoms in total. The van der Waals surface area contributed by atoms with E-state index in [9.17, 15) is 4.79 Å². The van der Waals surface area contributed by atoms with Crippen molar-refractivity contribution in [2.75, 3.05) is 13.1 Å². The van der Waals surface area contributed by atoms with E-state index >= 15 is 0 Å². The number of aliphatic carboxylic acids is 1. The number of aryl methyl sites for hydroxylation is 1. The Bertz CT molecular complexity index is 325. The molecule has 1 rings (SSSR count). The molecule has 0 atom stereocenters. The lowest BCUT2D eigenvalue weighted by Crippen LogP contribution is -2.29. The molecule has 0 aliphatic rings. The van der Waals surface area contributed by atoms with Gasteiger partial charge in [-0.2, -0.15) is 0 Å². The molecule has 1 aromatic heterocycles. The highest BCUT2D eigenvalue weighted by Gasteiger charge is 2.11. The maximum atomic E-state index is 10.6. The minimum Gasteiger partial charge on any atom is -0.480 e. The molecular formula is C10H16N2O2S. The molecule has 84 valence electrons. The predicted molar refractivity (Wildman–Crippen MR) is 60.1 cm³/mol. The summed E-state index contributed by atoms with van der Waals surface area (Å²) in [6.07, 6.45) is 0.963. The molecule has 1 heterocycles. The van der Waals surface area contributed by atoms with Crippen LogP contribution in [0.4, 0.5) is 0 Å². The van der Waals surface area contributed by atoms with E-state index in [0.29, 0.717) is 6.54 Å². The summed E-state index contributed by atoms with van der Waals surface area (Å²) in [5.74, 6) is -0.773. The summed E-state index contributed by atoms with van der Waals surface area (Å²) in [6, 6.07) is 0. The zero-order valence-electron chi connectivity index (χ0n) is 9.06. The number of hydrogen-bond acceptors (Lipinski definition) is 4. The average Bonchev–Trinajstić information content (AvgIpc) is 2.51. The Morgan fingerprint density at radius 3 is 2.87 bits per heavy atom. The molecule has 0 amide bonds. The SMILES string of the molecule is CCCN(CC(=O)O)Cc1scnc1C. The largest absolute Gasteiger partial charge is 0.480 e. The third-order valence-corrected chi connectivity index (χ3v) is 3.03. The summed E-state index contributed by atoms with van der Waals surface area (Å²) in [7, 11) is 0. The maximum absolute atomic E-state index is 10.6. The summed E-state index contributed by atoms with van der Waals surface area (Å²) in [5, 5.41) is 8.75. The normalized spacial score (nSPS) is 10.9. The summed E-state index contributed by atoms with van der Waals surface area (Å²) in [5.41, 5.74) is 2.81. The first-order valence-corrected chi connectivity index (χ1v) is 5.84. The van der Waals surface area contributed by atoms with Crippen molar-refractivity contribution in [1.82, 2.24) is 9.88 Å². The predicted octanol–water partition coefficient (Wildman–Crippen LogP) is 1.75. The first-order chi connectivity index (χ1) is 7.13. The lowest BCUT2D eigenvalue weighted by atomic mass is 10.3. The van der Waals surface area contributed by atoms with Gasteiger partial charge >= 0.3 is 5.97 Å². The van der Waals surface area contributed by atoms with Gasteiger partial charge in [-0.25, -0.2) is 4.98 Å². The first-order valence-electron chi connectivity index (χ1n) is 4.96. The van der Waals surface area contributed by atoms with Crippen molar-refractivity contribution in [1.29, 1.82) is 0 Å². The van der Waals surface area contributed by atoms with Gasteiger partial charge in [0.1, 0.15) is 0 Å². The Kier molecular flexibility index (Phi) is 4.71. The molecule has 0 radical (unpaired) electrons. The van der Waals surface area contributed by atoms with Crippen molar-refractivity contribution >= 4 is 17.3 Å². The molecule has 0 aromatic carbocycles. The third kappa shape index (κ3) is 3.97. The standard InChI is InChI=1S/C10H16N2O2S/c1-3-4-12(6-10(13)14)5-9-8(2)11-7-15-9/h7H,3-6H2,1-2H3,(H,13,14). The van der Waals surface area contributed by atoms with E-state index in [1.165, 1.54) is 0 Å². The van der Waals surface area contributed by atoms with Crippen LogP contribution in [0.25, 0.3) is 0 Å². The van der Waals surface area contributed by atoms with Gasteiger partial charge in [-0.3, -0.25) is 9.69 Å². The second kappa shape index (κ2) is 5.82. The van der Waals surface area contributed by atoms with E-state index < -0.39 is 5.97 Å². The molecule has 0 fully saturated rings. The van der Waals surface area contributed by atoms with Crippen molar-refractivity contribution in [3.05, 3.63) is 16.1 Å². The molecule has 0 saturated heterocycles. The van der Waals surface area contributed by atoms with Gasteiger partial charge in [0.25, 0.3) is 0 Å². The van der Waals surface area contributed by atoms with E-state index in [4.69, 9.17) is 5.11 Å². The first kappa shape index (κ1) is 12.1. The Morgan fingerprint density at radius 2 is 2.40 bits per heavy atom. The zero-order chi connectivity index (χ0) is 11.3. The van der Waals surface area contributed by atoms with Gasteiger partial charge < -0.3 is 5.11 Å². The summed E-state index contributed by atoms with van der Waals surface area (Å²) in [6.45, 7) is 5.61. The van der Waals surface area contributed by atoms with E-state index in [2.05, 4.69) is 4.98 Å². The number of carbonyl (C=O) groups is 1. The van der Waals surface area contributed by atoms with Gasteiger partial charge in [-0.15, -0.1) is 11.3 Å². The van der Waals surface area contributed by atoms with Gasteiger partial charge in [0, 0.05) is 11.4 Å². The highest BCUT2D eigenvalue weighted by molar-refractivity contribution is 7.09. The number of thiazole rings is 1. The molecule has 1 aromatic rings. The molecule has 0 saturated carbocycles. The molecule has 0 spiro atoms. The van der Waals surface area contributed by atoms with E-state index in [0.717, 1.165) is 23.5 Å². The smallest absolute Gasteiger partial charge is 0.317 e. The molecule has 15 heavy (non-hydrogen) atoms. The minimum atomic E-state index is -0.773. The number of carboxylic acids is 1. The fraction of sp³-hybridized carbons (Fsp3) is 0.600. The Labute approximate surface area is 93.6 Å². The molecule has 0 unspecified atom stereocenters. The van der Waals surface area contributed by atoms with Gasteiger partial charge in [0.15, 0.2) is 0 Å². The van der Waals surface area contributed by atoms with E-state index in [1.54, 1.807) is 16.8 Å². The van der Waals surface area contributed by atoms with Crippen molar-refractivity contribution in [2.45, 2.75) is 26.8 Å². The second-order valence-corrected chi connectivity index (χ2v) is 4.40. The van der Waals surface area contributed by atoms with Crippen LogP contribution < -0.4 is 0 Å². The van der Waals surface area contributed by atoms with Crippen LogP contribution in [0.3, 0.4) is 0 Å². The van der Waals surface area contributed by atoms with E-state index in [-0.39, 0.29) is 6.54 Å². The minimum absolute atomic E-state index is 0.102. The lowest BCUT2D eigenvalue weighted by molar-refractivity contribution is -0.138. The summed E-state index contributed by atoms with van der Waals surface area (Å²) in [4.78, 5) is 17.9. The highest BCUT2D eigenvalue weighted by Crippen LogP contribution is 2.14. The fourth-order valence-corrected chi connectivity index (χ4v) is 2.22. The molecule has 1 N–H and O–H groups in total. The third-order valence-electron chi connectivity index (χ3n) is 2.11. The fourth-order valence-electron chi connectivity index (χ4n) is 1.40. The Balaban J connectivity index is 2.58. The lowest BCUT2D eigenvalue weighted by Gasteiger charge is -2.18. The molecule has 0 aliphatic heterocycles. The monoisotopic (exact) mass is 228 g/mol. The van der Waals surface area contributed by atoms with E-state index in [1.807, 2.05) is 18.7 Å². The molecule has 5 heteroatoms. The van der Waals surface area contributed by atoms with Crippen molar-refractivity contribution in [3.8, 4) is 0 Å². The molecule has 0 bridgehead atoms. The van der Waals surface area contributed by atoms with Crippen LogP contribution in [-0.2, 0) is 11.3 Å². The maximum Gasteiger partial charge on any atom is 0.317 e. The number of carboxylic acid groups (broad SMARTS) is 1. The Morgan fingerprint density at radius 1 is 1.67 bits per heavy atom. The van der Waals surface area contributed by atoms with Crippen molar-refractivity contribution < 1.29 is 9.90 Å². The van der Waals surface area contributed by atoms with Crippen LogP contribution in [0.15, 0.2) is 5.51 Å². The quantitative estimate of drug-likeness (QED) is 0.806.